The molecule has 0 saturated heterocycles. The molecule has 0 aliphatic carbocycles. The molecule has 0 amide bonds. The van der Waals surface area contributed by atoms with E-state index in [2.05, 4.69) is 41.6 Å². The van der Waals surface area contributed by atoms with Crippen LogP contribution in [0.4, 0.5) is 5.82 Å². The Bertz CT molecular complexity index is 493. The van der Waals surface area contributed by atoms with Crippen LogP contribution in [0.15, 0.2) is 17.6 Å². The number of thiazole rings is 1. The standard InChI is InChI=1S/C12H18N4S/c1-12(2,3)9-8-17-11(14-9)7-13-10-5-6-16(4)15-10/h5-6,8H,7H2,1-4H3,(H,13,15). The minimum Gasteiger partial charge on any atom is -0.362 e. The van der Waals surface area contributed by atoms with E-state index in [0.29, 0.717) is 0 Å². The van der Waals surface area contributed by atoms with Gasteiger partial charge < -0.3 is 5.32 Å². The topological polar surface area (TPSA) is 42.7 Å². The van der Waals surface area contributed by atoms with Crippen molar-refractivity contribution in [2.45, 2.75) is 32.7 Å². The van der Waals surface area contributed by atoms with Crippen LogP contribution in [-0.4, -0.2) is 14.8 Å². The number of hydrogen-bond acceptors (Lipinski definition) is 4. The second-order valence-electron chi connectivity index (χ2n) is 5.10. The third-order valence-corrected chi connectivity index (χ3v) is 3.30. The Hall–Kier alpha value is -1.36. The summed E-state index contributed by atoms with van der Waals surface area (Å²) in [7, 11) is 1.91. The van der Waals surface area contributed by atoms with E-state index in [-0.39, 0.29) is 5.41 Å². The smallest absolute Gasteiger partial charge is 0.148 e. The lowest BCUT2D eigenvalue weighted by atomic mass is 9.93. The summed E-state index contributed by atoms with van der Waals surface area (Å²) in [6.45, 7) is 7.27. The summed E-state index contributed by atoms with van der Waals surface area (Å²) < 4.78 is 1.78. The molecule has 2 rings (SSSR count). The summed E-state index contributed by atoms with van der Waals surface area (Å²) in [5.41, 5.74) is 1.28. The second kappa shape index (κ2) is 4.49. The molecule has 0 radical (unpaired) electrons. The molecule has 1 N–H and O–H groups in total. The van der Waals surface area contributed by atoms with Crippen LogP contribution in [0.3, 0.4) is 0 Å². The number of rotatable bonds is 3. The molecule has 0 unspecified atom stereocenters. The lowest BCUT2D eigenvalue weighted by Gasteiger charge is -2.14. The van der Waals surface area contributed by atoms with Crippen molar-refractivity contribution in [3.05, 3.63) is 28.3 Å². The zero-order valence-corrected chi connectivity index (χ0v) is 11.5. The molecular formula is C12H18N4S. The minimum atomic E-state index is 0.125. The van der Waals surface area contributed by atoms with Crippen molar-refractivity contribution in [2.75, 3.05) is 5.32 Å². The molecule has 2 aromatic rings. The SMILES string of the molecule is Cn1ccc(NCc2nc(C(C)(C)C)cs2)n1. The van der Waals surface area contributed by atoms with Crippen molar-refractivity contribution in [2.24, 2.45) is 7.05 Å². The Labute approximate surface area is 106 Å². The number of aryl methyl sites for hydroxylation is 1. The van der Waals surface area contributed by atoms with Crippen LogP contribution in [0.2, 0.25) is 0 Å². The molecular weight excluding hydrogens is 232 g/mol. The third-order valence-electron chi connectivity index (χ3n) is 2.45. The first-order chi connectivity index (χ1) is 7.95. The van der Waals surface area contributed by atoms with Gasteiger partial charge in [-0.1, -0.05) is 20.8 Å². The summed E-state index contributed by atoms with van der Waals surface area (Å²) in [6, 6.07) is 1.96. The Morgan fingerprint density at radius 1 is 1.41 bits per heavy atom. The third kappa shape index (κ3) is 3.06. The van der Waals surface area contributed by atoms with Gasteiger partial charge in [0.2, 0.25) is 0 Å². The highest BCUT2D eigenvalue weighted by molar-refractivity contribution is 7.09. The lowest BCUT2D eigenvalue weighted by Crippen LogP contribution is -2.12. The van der Waals surface area contributed by atoms with Gasteiger partial charge in [-0.25, -0.2) is 4.98 Å². The predicted octanol–water partition coefficient (Wildman–Crippen LogP) is 2.79. The van der Waals surface area contributed by atoms with Gasteiger partial charge in [0.25, 0.3) is 0 Å². The van der Waals surface area contributed by atoms with Crippen molar-refractivity contribution in [3.8, 4) is 0 Å². The van der Waals surface area contributed by atoms with E-state index >= 15 is 0 Å². The summed E-state index contributed by atoms with van der Waals surface area (Å²) in [5, 5.41) is 10.8. The van der Waals surface area contributed by atoms with Gasteiger partial charge in [0.1, 0.15) is 10.8 Å². The van der Waals surface area contributed by atoms with E-state index in [1.54, 1.807) is 16.0 Å². The van der Waals surface area contributed by atoms with Crippen molar-refractivity contribution in [1.29, 1.82) is 0 Å². The van der Waals surface area contributed by atoms with Gasteiger partial charge in [-0.3, -0.25) is 4.68 Å². The first-order valence-corrected chi connectivity index (χ1v) is 6.51. The summed E-state index contributed by atoms with van der Waals surface area (Å²) in [4.78, 5) is 4.62. The number of aromatic nitrogens is 3. The highest BCUT2D eigenvalue weighted by Gasteiger charge is 2.17. The van der Waals surface area contributed by atoms with Crippen LogP contribution < -0.4 is 5.32 Å². The van der Waals surface area contributed by atoms with Gasteiger partial charge in [-0.2, -0.15) is 5.10 Å². The Balaban J connectivity index is 1.98. The fourth-order valence-electron chi connectivity index (χ4n) is 1.41. The quantitative estimate of drug-likeness (QED) is 0.911. The van der Waals surface area contributed by atoms with Crippen molar-refractivity contribution in [1.82, 2.24) is 14.8 Å². The minimum absolute atomic E-state index is 0.125. The molecule has 0 aliphatic rings. The highest BCUT2D eigenvalue weighted by Crippen LogP contribution is 2.24. The predicted molar refractivity (Wildman–Crippen MR) is 71.3 cm³/mol. The van der Waals surface area contributed by atoms with Gasteiger partial charge in [-0.05, 0) is 0 Å². The molecule has 2 heterocycles. The number of hydrogen-bond donors (Lipinski definition) is 1. The highest BCUT2D eigenvalue weighted by atomic mass is 32.1. The fraction of sp³-hybridized carbons (Fsp3) is 0.500. The van der Waals surface area contributed by atoms with Crippen LogP contribution >= 0.6 is 11.3 Å². The van der Waals surface area contributed by atoms with E-state index in [4.69, 9.17) is 0 Å². The van der Waals surface area contributed by atoms with Crippen LogP contribution in [0.1, 0.15) is 31.5 Å². The molecule has 0 atom stereocenters. The normalized spacial score (nSPS) is 11.8. The van der Waals surface area contributed by atoms with E-state index in [9.17, 15) is 0 Å². The molecule has 0 aliphatic heterocycles. The average molecular weight is 250 g/mol. The monoisotopic (exact) mass is 250 g/mol. The maximum Gasteiger partial charge on any atom is 0.148 e. The van der Waals surface area contributed by atoms with Gasteiger partial charge in [0.05, 0.1) is 12.2 Å². The Morgan fingerprint density at radius 2 is 2.18 bits per heavy atom. The lowest BCUT2D eigenvalue weighted by molar-refractivity contribution is 0.571. The molecule has 0 spiro atoms. The molecule has 4 nitrogen and oxygen atoms in total. The van der Waals surface area contributed by atoms with E-state index in [1.807, 2.05) is 19.3 Å². The number of nitrogens with one attached hydrogen (secondary N) is 1. The fourth-order valence-corrected chi connectivity index (χ4v) is 2.37. The molecule has 2 aromatic heterocycles. The van der Waals surface area contributed by atoms with Crippen LogP contribution in [-0.2, 0) is 19.0 Å². The maximum atomic E-state index is 4.62. The van der Waals surface area contributed by atoms with Gasteiger partial charge in [0, 0.05) is 30.1 Å². The maximum absolute atomic E-state index is 4.62. The van der Waals surface area contributed by atoms with Crippen LogP contribution in [0.5, 0.6) is 0 Å². The Kier molecular flexibility index (Phi) is 3.19. The van der Waals surface area contributed by atoms with E-state index in [1.165, 1.54) is 0 Å². The van der Waals surface area contributed by atoms with E-state index < -0.39 is 0 Å². The zero-order valence-electron chi connectivity index (χ0n) is 10.7. The van der Waals surface area contributed by atoms with Gasteiger partial charge in [0.15, 0.2) is 0 Å². The Morgan fingerprint density at radius 3 is 2.71 bits per heavy atom. The number of nitrogens with zero attached hydrogens (tertiary/aromatic N) is 3. The molecule has 0 fully saturated rings. The molecule has 5 heteroatoms. The first-order valence-electron chi connectivity index (χ1n) is 5.63. The number of anilines is 1. The molecule has 0 aromatic carbocycles. The van der Waals surface area contributed by atoms with E-state index in [0.717, 1.165) is 23.1 Å². The average Bonchev–Trinajstić information content (AvgIpc) is 2.82. The first kappa shape index (κ1) is 12.1. The van der Waals surface area contributed by atoms with Crippen LogP contribution in [0, 0.1) is 0 Å². The molecule has 92 valence electrons. The zero-order chi connectivity index (χ0) is 12.5. The van der Waals surface area contributed by atoms with Gasteiger partial charge >= 0.3 is 0 Å². The van der Waals surface area contributed by atoms with Crippen LogP contribution in [0.25, 0.3) is 0 Å². The van der Waals surface area contributed by atoms with Gasteiger partial charge in [-0.15, -0.1) is 11.3 Å². The molecule has 0 saturated carbocycles. The van der Waals surface area contributed by atoms with Crippen molar-refractivity contribution >= 4 is 17.2 Å². The summed E-state index contributed by atoms with van der Waals surface area (Å²) in [5.74, 6) is 0.889. The summed E-state index contributed by atoms with van der Waals surface area (Å²) in [6.07, 6.45) is 1.92. The second-order valence-corrected chi connectivity index (χ2v) is 6.05. The van der Waals surface area contributed by atoms with Crippen molar-refractivity contribution in [3.63, 3.8) is 0 Å². The largest absolute Gasteiger partial charge is 0.362 e. The van der Waals surface area contributed by atoms with Crippen molar-refractivity contribution < 1.29 is 0 Å². The summed E-state index contributed by atoms with van der Waals surface area (Å²) >= 11 is 1.69. The molecule has 0 bridgehead atoms. The molecule has 17 heavy (non-hydrogen) atoms.